The van der Waals surface area contributed by atoms with Crippen molar-refractivity contribution in [2.24, 2.45) is 5.92 Å². The van der Waals surface area contributed by atoms with Gasteiger partial charge in [0.05, 0.1) is 6.20 Å². The summed E-state index contributed by atoms with van der Waals surface area (Å²) in [6.07, 6.45) is 6.86. The zero-order chi connectivity index (χ0) is 20.2. The SMILES string of the molecule is Cc1ncc(-c2ccc3cnc(NC(=O)[C@H]4CC[C@H](NCCF)CC4)cc3c2)o1. The number of fused-ring (bicyclic) bond motifs is 1. The normalized spacial score (nSPS) is 19.4. The van der Waals surface area contributed by atoms with Crippen LogP contribution in [0.3, 0.4) is 0 Å². The Bertz CT molecular complexity index is 995. The monoisotopic (exact) mass is 396 g/mol. The molecule has 3 aromatic rings. The lowest BCUT2D eigenvalue weighted by molar-refractivity contribution is -0.120. The molecule has 0 unspecified atom stereocenters. The fourth-order valence-electron chi connectivity index (χ4n) is 3.90. The van der Waals surface area contributed by atoms with Gasteiger partial charge in [0.2, 0.25) is 5.91 Å². The molecule has 4 rings (SSSR count). The van der Waals surface area contributed by atoms with E-state index < -0.39 is 0 Å². The van der Waals surface area contributed by atoms with Gasteiger partial charge in [-0.1, -0.05) is 12.1 Å². The number of amides is 1. The molecule has 6 nitrogen and oxygen atoms in total. The number of aromatic nitrogens is 2. The number of nitrogens with zero attached hydrogens (tertiary/aromatic N) is 2. The van der Waals surface area contributed by atoms with Crippen molar-refractivity contribution in [2.75, 3.05) is 18.5 Å². The second-order valence-corrected chi connectivity index (χ2v) is 7.56. The Labute approximate surface area is 168 Å². The van der Waals surface area contributed by atoms with E-state index in [4.69, 9.17) is 4.42 Å². The molecule has 1 fully saturated rings. The van der Waals surface area contributed by atoms with Crippen molar-refractivity contribution in [1.29, 1.82) is 0 Å². The largest absolute Gasteiger partial charge is 0.441 e. The number of alkyl halides is 1. The minimum Gasteiger partial charge on any atom is -0.441 e. The topological polar surface area (TPSA) is 80.0 Å². The molecule has 2 aromatic heterocycles. The molecule has 1 amide bonds. The van der Waals surface area contributed by atoms with Gasteiger partial charge in [0.15, 0.2) is 11.7 Å². The first-order valence-electron chi connectivity index (χ1n) is 10.0. The molecule has 0 aliphatic heterocycles. The quantitative estimate of drug-likeness (QED) is 0.651. The number of pyridine rings is 1. The summed E-state index contributed by atoms with van der Waals surface area (Å²) in [6.45, 7) is 1.84. The molecular formula is C22H25FN4O2. The lowest BCUT2D eigenvalue weighted by Gasteiger charge is -2.28. The average Bonchev–Trinajstić information content (AvgIpc) is 3.18. The van der Waals surface area contributed by atoms with Crippen LogP contribution in [0.4, 0.5) is 10.2 Å². The van der Waals surface area contributed by atoms with Crippen molar-refractivity contribution >= 4 is 22.5 Å². The van der Waals surface area contributed by atoms with E-state index in [0.29, 0.717) is 30.1 Å². The van der Waals surface area contributed by atoms with Gasteiger partial charge in [-0.05, 0) is 43.2 Å². The maximum absolute atomic E-state index is 12.7. The summed E-state index contributed by atoms with van der Waals surface area (Å²) in [5, 5.41) is 8.11. The predicted octanol–water partition coefficient (Wildman–Crippen LogP) is 4.25. The van der Waals surface area contributed by atoms with Gasteiger partial charge in [-0.25, -0.2) is 14.4 Å². The summed E-state index contributed by atoms with van der Waals surface area (Å²) in [5.41, 5.74) is 0.931. The molecule has 1 aromatic carbocycles. The van der Waals surface area contributed by atoms with Crippen molar-refractivity contribution in [3.8, 4) is 11.3 Å². The number of anilines is 1. The van der Waals surface area contributed by atoms with Crippen LogP contribution < -0.4 is 10.6 Å². The molecule has 2 heterocycles. The van der Waals surface area contributed by atoms with E-state index in [-0.39, 0.29) is 18.5 Å². The minimum absolute atomic E-state index is 0.00260. The van der Waals surface area contributed by atoms with Gasteiger partial charge < -0.3 is 15.1 Å². The third kappa shape index (κ3) is 4.62. The highest BCUT2D eigenvalue weighted by molar-refractivity contribution is 5.94. The molecule has 1 aliphatic rings. The third-order valence-electron chi connectivity index (χ3n) is 5.50. The van der Waals surface area contributed by atoms with Gasteiger partial charge >= 0.3 is 0 Å². The Balaban J connectivity index is 1.43. The summed E-state index contributed by atoms with van der Waals surface area (Å²) in [4.78, 5) is 21.2. The van der Waals surface area contributed by atoms with E-state index in [1.54, 1.807) is 12.4 Å². The van der Waals surface area contributed by atoms with Crippen LogP contribution in [0, 0.1) is 12.8 Å². The van der Waals surface area contributed by atoms with E-state index >= 15 is 0 Å². The molecule has 1 saturated carbocycles. The zero-order valence-corrected chi connectivity index (χ0v) is 16.5. The van der Waals surface area contributed by atoms with Crippen LogP contribution in [0.2, 0.25) is 0 Å². The lowest BCUT2D eigenvalue weighted by atomic mass is 9.85. The molecule has 0 bridgehead atoms. The standard InChI is InChI=1S/C22H25FN4O2/c1-14-25-13-20(29-14)16-2-3-17-12-26-21(11-18(17)10-16)27-22(28)15-4-6-19(7-5-15)24-9-8-23/h2-3,10-13,15,19,24H,4-9H2,1H3,(H,26,27,28)/t15-,19-. The highest BCUT2D eigenvalue weighted by Crippen LogP contribution is 2.28. The predicted molar refractivity (Wildman–Crippen MR) is 110 cm³/mol. The Kier molecular flexibility index (Phi) is 5.85. The zero-order valence-electron chi connectivity index (χ0n) is 16.5. The number of hydrogen-bond acceptors (Lipinski definition) is 5. The molecule has 152 valence electrons. The molecule has 29 heavy (non-hydrogen) atoms. The summed E-state index contributed by atoms with van der Waals surface area (Å²) in [6, 6.07) is 8.15. The second-order valence-electron chi connectivity index (χ2n) is 7.56. The first kappa shape index (κ1) is 19.5. The first-order valence-corrected chi connectivity index (χ1v) is 10.0. The van der Waals surface area contributed by atoms with Gasteiger partial charge in [-0.3, -0.25) is 4.79 Å². The minimum atomic E-state index is -0.355. The van der Waals surface area contributed by atoms with Crippen LogP contribution in [0.15, 0.2) is 41.1 Å². The number of benzene rings is 1. The van der Waals surface area contributed by atoms with Crippen LogP contribution in [-0.4, -0.2) is 35.1 Å². The van der Waals surface area contributed by atoms with E-state index in [0.717, 1.165) is 42.0 Å². The summed E-state index contributed by atoms with van der Waals surface area (Å²) in [7, 11) is 0. The number of rotatable bonds is 6. The van der Waals surface area contributed by atoms with Crippen molar-refractivity contribution < 1.29 is 13.6 Å². The van der Waals surface area contributed by atoms with Crippen molar-refractivity contribution in [3.05, 3.63) is 42.5 Å². The van der Waals surface area contributed by atoms with Gasteiger partial charge in [0.25, 0.3) is 0 Å². The molecule has 0 spiro atoms. The molecular weight excluding hydrogens is 371 g/mol. The Morgan fingerprint density at radius 1 is 1.14 bits per heavy atom. The van der Waals surface area contributed by atoms with Crippen LogP contribution in [0.25, 0.3) is 22.1 Å². The van der Waals surface area contributed by atoms with Gasteiger partial charge in [-0.2, -0.15) is 0 Å². The third-order valence-corrected chi connectivity index (χ3v) is 5.50. The van der Waals surface area contributed by atoms with Crippen LogP contribution in [0.1, 0.15) is 31.6 Å². The number of hydrogen-bond donors (Lipinski definition) is 2. The van der Waals surface area contributed by atoms with Crippen molar-refractivity contribution in [3.63, 3.8) is 0 Å². The van der Waals surface area contributed by atoms with Crippen LogP contribution in [-0.2, 0) is 4.79 Å². The Hall–Kier alpha value is -2.80. The lowest BCUT2D eigenvalue weighted by Crippen LogP contribution is -2.37. The smallest absolute Gasteiger partial charge is 0.228 e. The van der Waals surface area contributed by atoms with Crippen LogP contribution in [0.5, 0.6) is 0 Å². The summed E-state index contributed by atoms with van der Waals surface area (Å²) in [5.74, 6) is 1.86. The van der Waals surface area contributed by atoms with Crippen molar-refractivity contribution in [1.82, 2.24) is 15.3 Å². The average molecular weight is 396 g/mol. The molecule has 0 radical (unpaired) electrons. The van der Waals surface area contributed by atoms with Gasteiger partial charge in [-0.15, -0.1) is 0 Å². The number of nitrogens with one attached hydrogen (secondary N) is 2. The van der Waals surface area contributed by atoms with Gasteiger partial charge in [0, 0.05) is 42.6 Å². The maximum Gasteiger partial charge on any atom is 0.228 e. The van der Waals surface area contributed by atoms with E-state index in [2.05, 4.69) is 20.6 Å². The number of aryl methyl sites for hydroxylation is 1. The fraction of sp³-hybridized carbons (Fsp3) is 0.409. The van der Waals surface area contributed by atoms with E-state index in [1.807, 2.05) is 31.2 Å². The van der Waals surface area contributed by atoms with Crippen molar-refractivity contribution in [2.45, 2.75) is 38.6 Å². The number of halogens is 1. The second kappa shape index (κ2) is 8.69. The van der Waals surface area contributed by atoms with E-state index in [9.17, 15) is 9.18 Å². The van der Waals surface area contributed by atoms with Gasteiger partial charge in [0.1, 0.15) is 12.5 Å². The van der Waals surface area contributed by atoms with E-state index in [1.165, 1.54) is 0 Å². The highest BCUT2D eigenvalue weighted by atomic mass is 19.1. The summed E-state index contributed by atoms with van der Waals surface area (Å²) >= 11 is 0. The fourth-order valence-corrected chi connectivity index (χ4v) is 3.90. The molecule has 7 heteroatoms. The maximum atomic E-state index is 12.7. The number of oxazole rings is 1. The summed E-state index contributed by atoms with van der Waals surface area (Å²) < 4.78 is 17.9. The molecule has 0 atom stereocenters. The molecule has 1 aliphatic carbocycles. The number of carbonyl (C=O) groups excluding carboxylic acids is 1. The highest BCUT2D eigenvalue weighted by Gasteiger charge is 2.26. The Morgan fingerprint density at radius 2 is 1.97 bits per heavy atom. The first-order chi connectivity index (χ1) is 14.1. The molecule has 2 N–H and O–H groups in total. The molecule has 0 saturated heterocycles. The van der Waals surface area contributed by atoms with Crippen LogP contribution >= 0.6 is 0 Å². The Morgan fingerprint density at radius 3 is 2.69 bits per heavy atom. The number of carbonyl (C=O) groups is 1.